The molecule has 2 heterocycles. The molecular weight excluding hydrogens is 338 g/mol. The SMILES string of the molecule is O=C(CCc1ccc(Cl)cc1)N1CCOC[C@H]1CCc1cnccn1. The van der Waals surface area contributed by atoms with Crippen molar-refractivity contribution in [3.05, 3.63) is 59.1 Å². The van der Waals surface area contributed by atoms with Crippen molar-refractivity contribution in [1.29, 1.82) is 0 Å². The van der Waals surface area contributed by atoms with Gasteiger partial charge in [0, 0.05) is 36.6 Å². The summed E-state index contributed by atoms with van der Waals surface area (Å²) in [6.07, 6.45) is 8.00. The molecule has 0 spiro atoms. The topological polar surface area (TPSA) is 55.3 Å². The van der Waals surface area contributed by atoms with E-state index in [4.69, 9.17) is 16.3 Å². The minimum Gasteiger partial charge on any atom is -0.377 e. The van der Waals surface area contributed by atoms with Crippen LogP contribution in [0.3, 0.4) is 0 Å². The maximum absolute atomic E-state index is 12.7. The quantitative estimate of drug-likeness (QED) is 0.795. The number of amides is 1. The number of carbonyl (C=O) groups is 1. The van der Waals surface area contributed by atoms with E-state index >= 15 is 0 Å². The van der Waals surface area contributed by atoms with Crippen molar-refractivity contribution in [3.8, 4) is 0 Å². The lowest BCUT2D eigenvalue weighted by Gasteiger charge is -2.36. The highest BCUT2D eigenvalue weighted by atomic mass is 35.5. The number of aryl methyl sites for hydroxylation is 2. The summed E-state index contributed by atoms with van der Waals surface area (Å²) in [7, 11) is 0. The van der Waals surface area contributed by atoms with Crippen LogP contribution in [0.1, 0.15) is 24.1 Å². The smallest absolute Gasteiger partial charge is 0.223 e. The molecule has 1 amide bonds. The van der Waals surface area contributed by atoms with Crippen LogP contribution < -0.4 is 0 Å². The summed E-state index contributed by atoms with van der Waals surface area (Å²) < 4.78 is 5.58. The second-order valence-corrected chi connectivity index (χ2v) is 6.61. The van der Waals surface area contributed by atoms with Crippen molar-refractivity contribution in [2.45, 2.75) is 31.7 Å². The van der Waals surface area contributed by atoms with Crippen molar-refractivity contribution in [2.24, 2.45) is 0 Å². The highest BCUT2D eigenvalue weighted by molar-refractivity contribution is 6.30. The van der Waals surface area contributed by atoms with E-state index in [0.29, 0.717) is 31.2 Å². The predicted octanol–water partition coefficient (Wildman–Crippen LogP) is 2.92. The molecule has 1 fully saturated rings. The molecule has 1 saturated heterocycles. The molecule has 0 saturated carbocycles. The molecule has 0 aliphatic carbocycles. The van der Waals surface area contributed by atoms with Gasteiger partial charge >= 0.3 is 0 Å². The first kappa shape index (κ1) is 17.8. The van der Waals surface area contributed by atoms with E-state index in [9.17, 15) is 4.79 Å². The monoisotopic (exact) mass is 359 g/mol. The van der Waals surface area contributed by atoms with Gasteiger partial charge in [-0.2, -0.15) is 0 Å². The van der Waals surface area contributed by atoms with Gasteiger partial charge < -0.3 is 9.64 Å². The van der Waals surface area contributed by atoms with E-state index in [1.807, 2.05) is 29.2 Å². The molecule has 1 aromatic heterocycles. The van der Waals surface area contributed by atoms with Gasteiger partial charge in [0.1, 0.15) is 0 Å². The Labute approximate surface area is 153 Å². The summed E-state index contributed by atoms with van der Waals surface area (Å²) in [5.74, 6) is 0.183. The van der Waals surface area contributed by atoms with Gasteiger partial charge in [0.15, 0.2) is 0 Å². The Morgan fingerprint density at radius 1 is 1.24 bits per heavy atom. The molecule has 132 valence electrons. The molecule has 0 radical (unpaired) electrons. The van der Waals surface area contributed by atoms with Crippen molar-refractivity contribution in [3.63, 3.8) is 0 Å². The van der Waals surface area contributed by atoms with Crippen LogP contribution in [0.2, 0.25) is 5.02 Å². The molecule has 3 rings (SSSR count). The number of carbonyl (C=O) groups excluding carboxylic acids is 1. The molecular formula is C19H22ClN3O2. The Bertz CT molecular complexity index is 679. The van der Waals surface area contributed by atoms with E-state index < -0.39 is 0 Å². The van der Waals surface area contributed by atoms with Gasteiger partial charge in [0.25, 0.3) is 0 Å². The van der Waals surface area contributed by atoms with Crippen LogP contribution in [0.15, 0.2) is 42.9 Å². The molecule has 2 aromatic rings. The van der Waals surface area contributed by atoms with E-state index in [2.05, 4.69) is 9.97 Å². The minimum absolute atomic E-state index is 0.105. The van der Waals surface area contributed by atoms with Crippen molar-refractivity contribution < 1.29 is 9.53 Å². The summed E-state index contributed by atoms with van der Waals surface area (Å²) in [5, 5.41) is 0.715. The molecule has 0 N–H and O–H groups in total. The molecule has 1 atom stereocenters. The van der Waals surface area contributed by atoms with Crippen LogP contribution in [0, 0.1) is 0 Å². The number of ether oxygens (including phenoxy) is 1. The van der Waals surface area contributed by atoms with E-state index in [-0.39, 0.29) is 11.9 Å². The standard InChI is InChI=1S/C19H22ClN3O2/c20-16-4-1-15(2-5-16)3-8-19(24)23-11-12-25-14-18(23)7-6-17-13-21-9-10-22-17/h1-2,4-5,9-10,13,18H,3,6-8,11-12,14H2/t18-/m1/s1. The third-order valence-corrected chi connectivity index (χ3v) is 4.69. The van der Waals surface area contributed by atoms with E-state index in [1.54, 1.807) is 18.6 Å². The summed E-state index contributed by atoms with van der Waals surface area (Å²) >= 11 is 5.90. The predicted molar refractivity (Wildman–Crippen MR) is 96.4 cm³/mol. The van der Waals surface area contributed by atoms with Crippen LogP contribution in [-0.4, -0.2) is 46.6 Å². The summed E-state index contributed by atoms with van der Waals surface area (Å²) in [5.41, 5.74) is 2.07. The Kier molecular flexibility index (Phi) is 6.36. The zero-order valence-corrected chi connectivity index (χ0v) is 14.9. The lowest BCUT2D eigenvalue weighted by Crippen LogP contribution is -2.49. The Morgan fingerprint density at radius 2 is 2.08 bits per heavy atom. The second kappa shape index (κ2) is 8.92. The van der Waals surface area contributed by atoms with Crippen molar-refractivity contribution >= 4 is 17.5 Å². The third kappa shape index (κ3) is 5.25. The number of hydrogen-bond acceptors (Lipinski definition) is 4. The number of nitrogens with zero attached hydrogens (tertiary/aromatic N) is 3. The average molecular weight is 360 g/mol. The number of rotatable bonds is 6. The van der Waals surface area contributed by atoms with Crippen LogP contribution in [0.4, 0.5) is 0 Å². The zero-order valence-electron chi connectivity index (χ0n) is 14.1. The van der Waals surface area contributed by atoms with Gasteiger partial charge in [-0.15, -0.1) is 0 Å². The Morgan fingerprint density at radius 3 is 2.84 bits per heavy atom. The van der Waals surface area contributed by atoms with Gasteiger partial charge in [-0.05, 0) is 37.0 Å². The van der Waals surface area contributed by atoms with E-state index in [0.717, 1.165) is 30.5 Å². The highest BCUT2D eigenvalue weighted by Gasteiger charge is 2.26. The number of aromatic nitrogens is 2. The Hall–Kier alpha value is -1.98. The number of halogens is 1. The lowest BCUT2D eigenvalue weighted by molar-refractivity contribution is -0.140. The van der Waals surface area contributed by atoms with Crippen molar-refractivity contribution in [1.82, 2.24) is 14.9 Å². The summed E-state index contributed by atoms with van der Waals surface area (Å²) in [6.45, 7) is 1.85. The fourth-order valence-corrected chi connectivity index (χ4v) is 3.17. The fourth-order valence-electron chi connectivity index (χ4n) is 3.04. The summed E-state index contributed by atoms with van der Waals surface area (Å²) in [6, 6.07) is 7.77. The molecule has 1 aromatic carbocycles. The minimum atomic E-state index is 0.105. The normalized spacial score (nSPS) is 17.5. The third-order valence-electron chi connectivity index (χ3n) is 4.44. The van der Waals surface area contributed by atoms with Gasteiger partial charge in [-0.25, -0.2) is 0 Å². The molecule has 0 unspecified atom stereocenters. The van der Waals surface area contributed by atoms with E-state index in [1.165, 1.54) is 0 Å². The molecule has 1 aliphatic heterocycles. The van der Waals surface area contributed by atoms with Gasteiger partial charge in [0.05, 0.1) is 24.9 Å². The van der Waals surface area contributed by atoms with Gasteiger partial charge in [-0.3, -0.25) is 14.8 Å². The number of benzene rings is 1. The van der Waals surface area contributed by atoms with Crippen molar-refractivity contribution in [2.75, 3.05) is 19.8 Å². The van der Waals surface area contributed by atoms with Crippen LogP contribution in [-0.2, 0) is 22.4 Å². The number of morpholine rings is 1. The van der Waals surface area contributed by atoms with Gasteiger partial charge in [-0.1, -0.05) is 23.7 Å². The molecule has 0 bridgehead atoms. The maximum Gasteiger partial charge on any atom is 0.223 e. The first-order chi connectivity index (χ1) is 12.2. The second-order valence-electron chi connectivity index (χ2n) is 6.18. The molecule has 1 aliphatic rings. The number of hydrogen-bond donors (Lipinski definition) is 0. The Balaban J connectivity index is 1.54. The first-order valence-corrected chi connectivity index (χ1v) is 8.97. The highest BCUT2D eigenvalue weighted by Crippen LogP contribution is 2.16. The average Bonchev–Trinajstić information content (AvgIpc) is 2.67. The zero-order chi connectivity index (χ0) is 17.5. The fraction of sp³-hybridized carbons (Fsp3) is 0.421. The van der Waals surface area contributed by atoms with Crippen LogP contribution in [0.5, 0.6) is 0 Å². The first-order valence-electron chi connectivity index (χ1n) is 8.59. The largest absolute Gasteiger partial charge is 0.377 e. The lowest BCUT2D eigenvalue weighted by atomic mass is 10.1. The van der Waals surface area contributed by atoms with Crippen LogP contribution >= 0.6 is 11.6 Å². The maximum atomic E-state index is 12.7. The van der Waals surface area contributed by atoms with Crippen LogP contribution in [0.25, 0.3) is 0 Å². The molecule has 25 heavy (non-hydrogen) atoms. The molecule has 6 heteroatoms. The molecule has 5 nitrogen and oxygen atoms in total. The van der Waals surface area contributed by atoms with Gasteiger partial charge in [0.2, 0.25) is 5.91 Å². The summed E-state index contributed by atoms with van der Waals surface area (Å²) in [4.78, 5) is 23.0.